The van der Waals surface area contributed by atoms with Crippen LogP contribution in [0, 0.1) is 18.8 Å². The fraction of sp³-hybridized carbons (Fsp3) is 0.296. The molecular formula is C54H57N4OPt-3. The Morgan fingerprint density at radius 3 is 1.87 bits per heavy atom. The minimum atomic E-state index is -0.132. The number of pyridine rings is 1. The number of para-hydroxylation sites is 1. The van der Waals surface area contributed by atoms with Crippen LogP contribution in [0.4, 0.5) is 11.4 Å². The fourth-order valence-corrected chi connectivity index (χ4v) is 7.63. The largest absolute Gasteiger partial charge is 0.509 e. The summed E-state index contributed by atoms with van der Waals surface area (Å²) in [4.78, 5) is 9.18. The molecule has 1 aliphatic rings. The molecule has 0 amide bonds. The van der Waals surface area contributed by atoms with Gasteiger partial charge < -0.3 is 19.1 Å². The predicted molar refractivity (Wildman–Crippen MR) is 248 cm³/mol. The maximum absolute atomic E-state index is 6.72. The predicted octanol–water partition coefficient (Wildman–Crippen LogP) is 14.3. The molecule has 0 spiro atoms. The Morgan fingerprint density at radius 2 is 1.18 bits per heavy atom. The average molecular weight is 973 g/mol. The summed E-state index contributed by atoms with van der Waals surface area (Å²) in [6.07, 6.45) is 6.12. The summed E-state index contributed by atoms with van der Waals surface area (Å²) in [5, 5.41) is 2.25. The Balaban J connectivity index is 0.00000544. The summed E-state index contributed by atoms with van der Waals surface area (Å²) >= 11 is 0. The van der Waals surface area contributed by atoms with Gasteiger partial charge in [-0.2, -0.15) is 6.07 Å². The molecule has 0 N–H and O–H groups in total. The molecule has 2 aromatic heterocycles. The van der Waals surface area contributed by atoms with Crippen LogP contribution in [0.3, 0.4) is 0 Å². The average Bonchev–Trinajstić information content (AvgIpc) is 3.80. The topological polar surface area (TPSA) is 33.5 Å². The molecule has 60 heavy (non-hydrogen) atoms. The Labute approximate surface area is 372 Å². The van der Waals surface area contributed by atoms with Crippen molar-refractivity contribution in [2.24, 2.45) is 0 Å². The summed E-state index contributed by atoms with van der Waals surface area (Å²) < 4.78 is 8.92. The van der Waals surface area contributed by atoms with Crippen molar-refractivity contribution in [2.75, 3.05) is 9.80 Å². The minimum absolute atomic E-state index is 0. The van der Waals surface area contributed by atoms with Crippen molar-refractivity contribution < 1.29 is 25.8 Å². The van der Waals surface area contributed by atoms with Crippen LogP contribution in [-0.2, 0) is 42.7 Å². The minimum Gasteiger partial charge on any atom is -0.509 e. The summed E-state index contributed by atoms with van der Waals surface area (Å²) in [6.45, 7) is 29.1. The van der Waals surface area contributed by atoms with Gasteiger partial charge in [0, 0.05) is 50.0 Å². The van der Waals surface area contributed by atoms with Gasteiger partial charge in [-0.15, -0.1) is 53.6 Å². The third-order valence-electron chi connectivity index (χ3n) is 11.4. The van der Waals surface area contributed by atoms with Gasteiger partial charge in [0.05, 0.1) is 0 Å². The summed E-state index contributed by atoms with van der Waals surface area (Å²) in [5.74, 6) is 2.11. The Bertz CT molecular complexity index is 2710. The van der Waals surface area contributed by atoms with Gasteiger partial charge in [-0.05, 0) is 97.6 Å². The quantitative estimate of drug-likeness (QED) is 0.156. The second kappa shape index (κ2) is 15.7. The van der Waals surface area contributed by atoms with Gasteiger partial charge in [-0.3, -0.25) is 0 Å². The van der Waals surface area contributed by atoms with Crippen LogP contribution in [0.2, 0.25) is 0 Å². The monoisotopic (exact) mass is 972 g/mol. The maximum Gasteiger partial charge on any atom is 0.135 e. The number of ether oxygens (including phenoxy) is 1. The molecule has 0 unspecified atom stereocenters. The molecular weight excluding hydrogens is 916 g/mol. The number of benzene rings is 5. The van der Waals surface area contributed by atoms with Crippen LogP contribution in [0.15, 0.2) is 122 Å². The van der Waals surface area contributed by atoms with E-state index in [1.165, 1.54) is 27.8 Å². The third-order valence-corrected chi connectivity index (χ3v) is 11.4. The van der Waals surface area contributed by atoms with Crippen LogP contribution in [0.5, 0.6) is 11.5 Å². The molecule has 5 aromatic carbocycles. The standard InChI is InChI=1S/C54H57N4O.Pt/c1-51(2,3)38-19-17-36(18-20-38)37-27-40(53(7,8)9)29-42(28-37)56-25-26-57(35-56)43-30-41(54(10,11)12)31-45(33-43)59-44-21-22-47-46-15-13-14-16-48(46)58(49(47)34-44)50-32-39(23-24-55-50)52(4,5)6;/h13-32,35H,1-12H3;/q-3;. The van der Waals surface area contributed by atoms with Gasteiger partial charge in [0.1, 0.15) is 5.82 Å². The fourth-order valence-electron chi connectivity index (χ4n) is 7.63. The second-order valence-corrected chi connectivity index (χ2v) is 20.1. The van der Waals surface area contributed by atoms with E-state index in [9.17, 15) is 0 Å². The Morgan fingerprint density at radius 1 is 0.533 bits per heavy atom. The molecule has 0 aliphatic carbocycles. The zero-order chi connectivity index (χ0) is 42.1. The number of anilines is 2. The van der Waals surface area contributed by atoms with Gasteiger partial charge in [0.15, 0.2) is 0 Å². The van der Waals surface area contributed by atoms with E-state index in [0.29, 0.717) is 11.5 Å². The van der Waals surface area contributed by atoms with Gasteiger partial charge in [0.25, 0.3) is 0 Å². The van der Waals surface area contributed by atoms with Crippen LogP contribution >= 0.6 is 0 Å². The first-order chi connectivity index (χ1) is 27.7. The molecule has 8 rings (SSSR count). The maximum atomic E-state index is 6.72. The second-order valence-electron chi connectivity index (χ2n) is 20.1. The third kappa shape index (κ3) is 8.70. The van der Waals surface area contributed by atoms with Gasteiger partial charge in [0.2, 0.25) is 0 Å². The SMILES string of the molecule is CC(C)(C)c1ccc(-c2cc(N3C=CN(c4[c-]c(Oc5[c-]c6c(cc5)c5ccccc5n6-c5cc(C(C)(C)C)ccn5)cc(C(C)(C)C)c4)[CH-]3)cc(C(C)(C)C)c2)cc1.[Pt]. The van der Waals surface area contributed by atoms with E-state index in [1.807, 2.05) is 12.3 Å². The molecule has 6 heteroatoms. The van der Waals surface area contributed by atoms with Crippen molar-refractivity contribution in [3.8, 4) is 28.4 Å². The summed E-state index contributed by atoms with van der Waals surface area (Å²) in [5.41, 5.74) is 11.3. The number of aromatic nitrogens is 2. The first-order valence-electron chi connectivity index (χ1n) is 20.8. The number of hydrogen-bond acceptors (Lipinski definition) is 4. The van der Waals surface area contributed by atoms with Crippen LogP contribution < -0.4 is 14.5 Å². The summed E-state index contributed by atoms with van der Waals surface area (Å²) in [6, 6.07) is 44.5. The van der Waals surface area contributed by atoms with Gasteiger partial charge >= 0.3 is 0 Å². The zero-order valence-electron chi connectivity index (χ0n) is 37.1. The van der Waals surface area contributed by atoms with E-state index >= 15 is 0 Å². The molecule has 0 radical (unpaired) electrons. The molecule has 0 atom stereocenters. The molecule has 7 aromatic rings. The van der Waals surface area contributed by atoms with E-state index in [2.05, 4.69) is 226 Å². The van der Waals surface area contributed by atoms with Crippen LogP contribution in [0.1, 0.15) is 105 Å². The first kappa shape index (κ1) is 43.0. The van der Waals surface area contributed by atoms with Gasteiger partial charge in [-0.1, -0.05) is 137 Å². The van der Waals surface area contributed by atoms with E-state index in [0.717, 1.165) is 44.6 Å². The van der Waals surface area contributed by atoms with Crippen molar-refractivity contribution in [1.82, 2.24) is 9.55 Å². The van der Waals surface area contributed by atoms with Crippen molar-refractivity contribution in [3.05, 3.63) is 163 Å². The molecule has 0 saturated heterocycles. The van der Waals surface area contributed by atoms with E-state index in [-0.39, 0.29) is 42.7 Å². The number of rotatable bonds is 6. The van der Waals surface area contributed by atoms with E-state index in [4.69, 9.17) is 9.72 Å². The van der Waals surface area contributed by atoms with Crippen LogP contribution in [-0.4, -0.2) is 9.55 Å². The molecule has 312 valence electrons. The van der Waals surface area contributed by atoms with E-state index < -0.39 is 0 Å². The molecule has 5 nitrogen and oxygen atoms in total. The zero-order valence-corrected chi connectivity index (χ0v) is 39.4. The number of nitrogens with zero attached hydrogens (tertiary/aromatic N) is 4. The van der Waals surface area contributed by atoms with Gasteiger partial charge in [-0.25, -0.2) is 4.98 Å². The number of fused-ring (bicyclic) bond motifs is 3. The number of hydrogen-bond donors (Lipinski definition) is 0. The summed E-state index contributed by atoms with van der Waals surface area (Å²) in [7, 11) is 0. The van der Waals surface area contributed by atoms with Crippen molar-refractivity contribution in [1.29, 1.82) is 0 Å². The molecule has 3 heterocycles. The van der Waals surface area contributed by atoms with Crippen molar-refractivity contribution >= 4 is 33.2 Å². The Hall–Kier alpha value is -5.12. The molecule has 0 bridgehead atoms. The van der Waals surface area contributed by atoms with Crippen molar-refractivity contribution in [3.63, 3.8) is 0 Å². The van der Waals surface area contributed by atoms with Crippen molar-refractivity contribution in [2.45, 2.75) is 105 Å². The van der Waals surface area contributed by atoms with Crippen LogP contribution in [0.25, 0.3) is 38.8 Å². The smallest absolute Gasteiger partial charge is 0.135 e. The molecule has 0 saturated carbocycles. The first-order valence-corrected chi connectivity index (χ1v) is 20.8. The van der Waals surface area contributed by atoms with E-state index in [1.54, 1.807) is 0 Å². The molecule has 1 aliphatic heterocycles. The molecule has 0 fully saturated rings. The Kier molecular flexibility index (Phi) is 11.3. The normalized spacial score (nSPS) is 13.7.